The largest absolute Gasteiger partial charge is 0.504 e. The molecule has 0 fully saturated rings. The predicted molar refractivity (Wildman–Crippen MR) is 77.4 cm³/mol. The maximum Gasteiger partial charge on any atom is 0.345 e. The lowest BCUT2D eigenvalue weighted by atomic mass is 10.1. The summed E-state index contributed by atoms with van der Waals surface area (Å²) in [6, 6.07) is 0. The second-order valence-electron chi connectivity index (χ2n) is 4.47. The fourth-order valence-electron chi connectivity index (χ4n) is 1.59. The number of carboxylic acids is 1. The second kappa shape index (κ2) is 8.42. The highest BCUT2D eigenvalue weighted by Gasteiger charge is 2.25. The minimum atomic E-state index is -1.65. The Hall–Kier alpha value is -3.03. The van der Waals surface area contributed by atoms with Gasteiger partial charge in [0.05, 0.1) is 13.5 Å². The maximum absolute atomic E-state index is 11.6. The number of carbonyl (C=O) groups excluding carboxylic acids is 2. The van der Waals surface area contributed by atoms with Gasteiger partial charge in [-0.2, -0.15) is 0 Å². The Labute approximate surface area is 131 Å². The van der Waals surface area contributed by atoms with Gasteiger partial charge in [-0.3, -0.25) is 4.79 Å². The summed E-state index contributed by atoms with van der Waals surface area (Å²) in [7, 11) is 1.09. The van der Waals surface area contributed by atoms with Crippen LogP contribution in [-0.2, 0) is 23.9 Å². The number of hydrogen-bond acceptors (Lipinski definition) is 7. The highest BCUT2D eigenvalue weighted by Crippen LogP contribution is 2.15. The normalized spacial score (nSPS) is 15.8. The first-order valence-corrected chi connectivity index (χ1v) is 6.51. The van der Waals surface area contributed by atoms with Gasteiger partial charge in [0.25, 0.3) is 0 Å². The van der Waals surface area contributed by atoms with Crippen LogP contribution in [0.15, 0.2) is 47.5 Å². The van der Waals surface area contributed by atoms with E-state index in [1.807, 2.05) is 0 Å². The number of hydrogen-bond donors (Lipinski definition) is 3. The third-order valence-corrected chi connectivity index (χ3v) is 2.76. The van der Waals surface area contributed by atoms with E-state index in [9.17, 15) is 24.6 Å². The molecule has 0 aromatic rings. The van der Waals surface area contributed by atoms with Gasteiger partial charge in [-0.1, -0.05) is 12.2 Å². The highest BCUT2D eigenvalue weighted by molar-refractivity contribution is 5.87. The molecule has 23 heavy (non-hydrogen) atoms. The number of ether oxygens (including phenoxy) is 2. The molecule has 0 radical (unpaired) electrons. The monoisotopic (exact) mass is 324 g/mol. The van der Waals surface area contributed by atoms with E-state index in [2.05, 4.69) is 9.47 Å². The average molecular weight is 324 g/mol. The predicted octanol–water partition coefficient (Wildman–Crippen LogP) is 1.32. The Kier molecular flexibility index (Phi) is 6.60. The second-order valence-corrected chi connectivity index (χ2v) is 4.47. The number of methoxy groups -OCH3 is 1. The molecule has 8 heteroatoms. The van der Waals surface area contributed by atoms with Gasteiger partial charge in [-0.15, -0.1) is 0 Å². The number of aliphatic hydroxyl groups excluding tert-OH is 2. The SMILES string of the molecule is COC(=O)CC(OC(=O)/C=C/C1=CC(O)=C(O)C=CC1)C(=O)O. The molecule has 0 saturated heterocycles. The highest BCUT2D eigenvalue weighted by atomic mass is 16.6. The van der Waals surface area contributed by atoms with Crippen LogP contribution in [0.5, 0.6) is 0 Å². The number of aliphatic carboxylic acids is 1. The van der Waals surface area contributed by atoms with Crippen molar-refractivity contribution in [2.75, 3.05) is 7.11 Å². The van der Waals surface area contributed by atoms with Crippen LogP contribution >= 0.6 is 0 Å². The zero-order valence-electron chi connectivity index (χ0n) is 12.3. The summed E-state index contributed by atoms with van der Waals surface area (Å²) < 4.78 is 8.98. The lowest BCUT2D eigenvalue weighted by Crippen LogP contribution is -2.29. The molecular weight excluding hydrogens is 308 g/mol. The number of carbonyl (C=O) groups is 3. The van der Waals surface area contributed by atoms with Crippen LogP contribution in [0.3, 0.4) is 0 Å². The Balaban J connectivity index is 2.71. The van der Waals surface area contributed by atoms with E-state index in [1.165, 1.54) is 18.2 Å². The molecule has 0 aromatic heterocycles. The number of allylic oxidation sites excluding steroid dienone is 5. The zero-order valence-corrected chi connectivity index (χ0v) is 12.3. The molecule has 0 spiro atoms. The molecule has 1 rings (SSSR count). The van der Waals surface area contributed by atoms with Gasteiger partial charge in [-0.25, -0.2) is 9.59 Å². The molecule has 0 amide bonds. The van der Waals surface area contributed by atoms with E-state index in [-0.39, 0.29) is 11.5 Å². The van der Waals surface area contributed by atoms with Gasteiger partial charge in [-0.05, 0) is 24.1 Å². The first-order valence-electron chi connectivity index (χ1n) is 6.51. The fraction of sp³-hybridized carbons (Fsp3) is 0.267. The van der Waals surface area contributed by atoms with E-state index >= 15 is 0 Å². The standard InChI is InChI=1S/C15H16O8/c1-22-14(19)8-12(15(20)21)23-13(18)6-5-9-3-2-4-10(16)11(17)7-9/h2,4-7,12,16-17H,3,8H2,1H3,(H,20,21)/b6-5+. The van der Waals surface area contributed by atoms with E-state index in [4.69, 9.17) is 5.11 Å². The van der Waals surface area contributed by atoms with Gasteiger partial charge >= 0.3 is 17.9 Å². The van der Waals surface area contributed by atoms with Crippen molar-refractivity contribution in [3.63, 3.8) is 0 Å². The number of carboxylic acid groups (broad SMARTS) is 1. The lowest BCUT2D eigenvalue weighted by molar-refractivity contribution is -0.165. The van der Waals surface area contributed by atoms with Crippen LogP contribution in [0.4, 0.5) is 0 Å². The van der Waals surface area contributed by atoms with Crippen LogP contribution in [0.1, 0.15) is 12.8 Å². The first kappa shape index (κ1) is 18.0. The third kappa shape index (κ3) is 6.08. The molecule has 1 aliphatic rings. The van der Waals surface area contributed by atoms with Gasteiger partial charge in [0.15, 0.2) is 11.5 Å². The van der Waals surface area contributed by atoms with Crippen molar-refractivity contribution >= 4 is 17.9 Å². The van der Waals surface area contributed by atoms with E-state index < -0.39 is 30.4 Å². The third-order valence-electron chi connectivity index (χ3n) is 2.76. The summed E-state index contributed by atoms with van der Waals surface area (Å²) in [6.45, 7) is 0. The first-order chi connectivity index (χ1) is 10.8. The summed E-state index contributed by atoms with van der Waals surface area (Å²) in [5.74, 6) is -3.93. The molecule has 1 atom stereocenters. The van der Waals surface area contributed by atoms with Crippen molar-refractivity contribution in [3.05, 3.63) is 47.5 Å². The Morgan fingerprint density at radius 1 is 1.30 bits per heavy atom. The number of aliphatic hydroxyl groups is 2. The van der Waals surface area contributed by atoms with Crippen LogP contribution in [0, 0.1) is 0 Å². The lowest BCUT2D eigenvalue weighted by Gasteiger charge is -2.10. The summed E-state index contributed by atoms with van der Waals surface area (Å²) in [5.41, 5.74) is 0.486. The number of rotatable bonds is 6. The van der Waals surface area contributed by atoms with Crippen molar-refractivity contribution in [3.8, 4) is 0 Å². The maximum atomic E-state index is 11.6. The van der Waals surface area contributed by atoms with Crippen molar-refractivity contribution in [1.82, 2.24) is 0 Å². The summed E-state index contributed by atoms with van der Waals surface area (Å²) in [6.07, 6.45) is 4.47. The van der Waals surface area contributed by atoms with E-state index in [1.54, 1.807) is 6.08 Å². The smallest absolute Gasteiger partial charge is 0.345 e. The Bertz CT molecular complexity index is 609. The van der Waals surface area contributed by atoms with E-state index in [0.29, 0.717) is 12.0 Å². The van der Waals surface area contributed by atoms with Crippen LogP contribution in [0.2, 0.25) is 0 Å². The molecule has 1 aliphatic carbocycles. The van der Waals surface area contributed by atoms with Gasteiger partial charge in [0, 0.05) is 6.08 Å². The average Bonchev–Trinajstić information content (AvgIpc) is 2.66. The van der Waals surface area contributed by atoms with Gasteiger partial charge in [0.1, 0.15) is 0 Å². The molecular formula is C15H16O8. The van der Waals surface area contributed by atoms with Crippen molar-refractivity contribution < 1.29 is 39.2 Å². The molecule has 0 heterocycles. The van der Waals surface area contributed by atoms with Crippen molar-refractivity contribution in [2.45, 2.75) is 18.9 Å². The van der Waals surface area contributed by atoms with Gasteiger partial charge < -0.3 is 24.8 Å². The summed E-state index contributed by atoms with van der Waals surface area (Å²) in [4.78, 5) is 33.6. The molecule has 8 nitrogen and oxygen atoms in total. The molecule has 0 aliphatic heterocycles. The fourth-order valence-corrected chi connectivity index (χ4v) is 1.59. The molecule has 124 valence electrons. The minimum Gasteiger partial charge on any atom is -0.504 e. The van der Waals surface area contributed by atoms with Crippen LogP contribution < -0.4 is 0 Å². The Morgan fingerprint density at radius 2 is 2.00 bits per heavy atom. The van der Waals surface area contributed by atoms with Crippen molar-refractivity contribution in [1.29, 1.82) is 0 Å². The summed E-state index contributed by atoms with van der Waals surface area (Å²) in [5, 5.41) is 27.7. The van der Waals surface area contributed by atoms with Crippen LogP contribution in [-0.4, -0.2) is 46.4 Å². The minimum absolute atomic E-state index is 0.306. The van der Waals surface area contributed by atoms with E-state index in [0.717, 1.165) is 13.2 Å². The topological polar surface area (TPSA) is 130 Å². The molecule has 0 saturated carbocycles. The molecule has 3 N–H and O–H groups in total. The molecule has 1 unspecified atom stereocenters. The van der Waals surface area contributed by atoms with Crippen molar-refractivity contribution in [2.24, 2.45) is 0 Å². The molecule has 0 aromatic carbocycles. The van der Waals surface area contributed by atoms with Crippen LogP contribution in [0.25, 0.3) is 0 Å². The zero-order chi connectivity index (χ0) is 17.4. The molecule has 0 bridgehead atoms. The summed E-state index contributed by atoms with van der Waals surface area (Å²) >= 11 is 0. The van der Waals surface area contributed by atoms with Gasteiger partial charge in [0.2, 0.25) is 6.10 Å². The number of esters is 2. The quantitative estimate of drug-likeness (QED) is 0.492. The Morgan fingerprint density at radius 3 is 2.61 bits per heavy atom.